The molecular formula is C26H34N2O5S. The maximum absolute atomic E-state index is 13.4. The molecule has 1 saturated heterocycles. The Labute approximate surface area is 202 Å². The first-order valence-electron chi connectivity index (χ1n) is 12.1. The van der Waals surface area contributed by atoms with Crippen LogP contribution in [0.1, 0.15) is 49.8 Å². The van der Waals surface area contributed by atoms with E-state index in [1.807, 2.05) is 49.1 Å². The van der Waals surface area contributed by atoms with Crippen molar-refractivity contribution in [1.82, 2.24) is 9.62 Å². The number of benzene rings is 2. The van der Waals surface area contributed by atoms with Gasteiger partial charge in [0.25, 0.3) is 0 Å². The molecule has 1 atom stereocenters. The van der Waals surface area contributed by atoms with Gasteiger partial charge in [-0.3, -0.25) is 4.79 Å². The lowest BCUT2D eigenvalue weighted by atomic mass is 9.85. The van der Waals surface area contributed by atoms with E-state index in [0.29, 0.717) is 57.8 Å². The maximum Gasteiger partial charge on any atom is 0.240 e. The zero-order chi connectivity index (χ0) is 24.1. The Hall–Kier alpha value is -2.42. The van der Waals surface area contributed by atoms with Crippen molar-refractivity contribution in [3.8, 4) is 5.75 Å². The average molecular weight is 487 g/mol. The summed E-state index contributed by atoms with van der Waals surface area (Å²) in [5.74, 6) is 0.760. The third kappa shape index (κ3) is 5.62. The zero-order valence-corrected chi connectivity index (χ0v) is 20.7. The molecule has 184 valence electrons. The molecule has 1 amide bonds. The highest BCUT2D eigenvalue weighted by Gasteiger charge is 2.35. The number of nitrogens with one attached hydrogen (secondary N) is 1. The van der Waals surface area contributed by atoms with Crippen LogP contribution in [0.5, 0.6) is 5.75 Å². The summed E-state index contributed by atoms with van der Waals surface area (Å²) in [5.41, 5.74) is 1.88. The first kappa shape index (κ1) is 24.7. The SMILES string of the molecule is CCOc1ccc(S(=O)(=O)N[C@H]2CC[C@H](C(=O)N3CCOCC3c3ccccc3)CC2)cc1C. The minimum Gasteiger partial charge on any atom is -0.494 e. The lowest BCUT2D eigenvalue weighted by molar-refractivity contribution is -0.145. The number of hydrogen-bond acceptors (Lipinski definition) is 5. The molecule has 1 saturated carbocycles. The fourth-order valence-electron chi connectivity index (χ4n) is 4.91. The smallest absolute Gasteiger partial charge is 0.240 e. The Morgan fingerprint density at radius 3 is 2.53 bits per heavy atom. The molecule has 2 fully saturated rings. The van der Waals surface area contributed by atoms with E-state index in [2.05, 4.69) is 4.72 Å². The van der Waals surface area contributed by atoms with Crippen LogP contribution in [0.25, 0.3) is 0 Å². The van der Waals surface area contributed by atoms with E-state index >= 15 is 0 Å². The molecule has 0 bridgehead atoms. The monoisotopic (exact) mass is 486 g/mol. The van der Waals surface area contributed by atoms with Gasteiger partial charge in [0.1, 0.15) is 5.75 Å². The van der Waals surface area contributed by atoms with E-state index in [9.17, 15) is 13.2 Å². The fourth-order valence-corrected chi connectivity index (χ4v) is 6.30. The van der Waals surface area contributed by atoms with Crippen LogP contribution in [0.15, 0.2) is 53.4 Å². The minimum absolute atomic E-state index is 0.0680. The van der Waals surface area contributed by atoms with Gasteiger partial charge in [0.05, 0.1) is 30.8 Å². The van der Waals surface area contributed by atoms with Gasteiger partial charge in [-0.15, -0.1) is 0 Å². The van der Waals surface area contributed by atoms with E-state index in [4.69, 9.17) is 9.47 Å². The molecule has 4 rings (SSSR count). The van der Waals surface area contributed by atoms with Crippen LogP contribution in [0.3, 0.4) is 0 Å². The molecule has 2 aromatic rings. The third-order valence-electron chi connectivity index (χ3n) is 6.75. The Kier molecular flexibility index (Phi) is 7.91. The summed E-state index contributed by atoms with van der Waals surface area (Å²) < 4.78 is 39.9. The summed E-state index contributed by atoms with van der Waals surface area (Å²) in [5, 5.41) is 0. The maximum atomic E-state index is 13.4. The number of hydrogen-bond donors (Lipinski definition) is 1. The van der Waals surface area contributed by atoms with Gasteiger partial charge in [-0.25, -0.2) is 13.1 Å². The molecule has 0 aromatic heterocycles. The largest absolute Gasteiger partial charge is 0.494 e. The molecule has 1 N–H and O–H groups in total. The van der Waals surface area contributed by atoms with Crippen molar-refractivity contribution in [1.29, 1.82) is 0 Å². The highest BCUT2D eigenvalue weighted by molar-refractivity contribution is 7.89. The number of amides is 1. The molecule has 1 aliphatic carbocycles. The molecule has 0 spiro atoms. The Balaban J connectivity index is 1.36. The molecule has 1 aliphatic heterocycles. The van der Waals surface area contributed by atoms with E-state index in [0.717, 1.165) is 11.1 Å². The van der Waals surface area contributed by atoms with Gasteiger partial charge < -0.3 is 14.4 Å². The second-order valence-electron chi connectivity index (χ2n) is 9.06. The van der Waals surface area contributed by atoms with Crippen LogP contribution in [-0.4, -0.2) is 51.6 Å². The van der Waals surface area contributed by atoms with Crippen LogP contribution >= 0.6 is 0 Å². The highest BCUT2D eigenvalue weighted by atomic mass is 32.2. The number of rotatable bonds is 7. The fraction of sp³-hybridized carbons (Fsp3) is 0.500. The molecule has 1 unspecified atom stereocenters. The zero-order valence-electron chi connectivity index (χ0n) is 19.9. The summed E-state index contributed by atoms with van der Waals surface area (Å²) in [6.07, 6.45) is 2.64. The van der Waals surface area contributed by atoms with Crippen molar-refractivity contribution < 1.29 is 22.7 Å². The van der Waals surface area contributed by atoms with Crippen molar-refractivity contribution in [3.63, 3.8) is 0 Å². The number of carbonyl (C=O) groups is 1. The first-order chi connectivity index (χ1) is 16.4. The molecule has 7 nitrogen and oxygen atoms in total. The highest BCUT2D eigenvalue weighted by Crippen LogP contribution is 2.32. The number of aryl methyl sites for hydroxylation is 1. The van der Waals surface area contributed by atoms with Crippen molar-refractivity contribution in [2.24, 2.45) is 5.92 Å². The van der Waals surface area contributed by atoms with Crippen molar-refractivity contribution in [2.45, 2.75) is 56.5 Å². The second-order valence-corrected chi connectivity index (χ2v) is 10.8. The lowest BCUT2D eigenvalue weighted by Crippen LogP contribution is -2.47. The Morgan fingerprint density at radius 2 is 1.85 bits per heavy atom. The van der Waals surface area contributed by atoms with Gasteiger partial charge in [-0.05, 0) is 68.9 Å². The van der Waals surface area contributed by atoms with E-state index in [-0.39, 0.29) is 28.8 Å². The Bertz CT molecular complexity index is 1080. The summed E-state index contributed by atoms with van der Waals surface area (Å²) >= 11 is 0. The molecule has 2 aromatic carbocycles. The van der Waals surface area contributed by atoms with Crippen molar-refractivity contribution in [3.05, 3.63) is 59.7 Å². The quantitative estimate of drug-likeness (QED) is 0.643. The summed E-state index contributed by atoms with van der Waals surface area (Å²) in [6, 6.07) is 14.7. The normalized spacial score (nSPS) is 23.5. The van der Waals surface area contributed by atoms with Gasteiger partial charge in [-0.2, -0.15) is 0 Å². The number of nitrogens with zero attached hydrogens (tertiary/aromatic N) is 1. The third-order valence-corrected chi connectivity index (χ3v) is 8.27. The molecule has 34 heavy (non-hydrogen) atoms. The van der Waals surface area contributed by atoms with Crippen molar-refractivity contribution in [2.75, 3.05) is 26.4 Å². The lowest BCUT2D eigenvalue weighted by Gasteiger charge is -2.39. The topological polar surface area (TPSA) is 84.9 Å². The van der Waals surface area contributed by atoms with Gasteiger partial charge >= 0.3 is 0 Å². The number of ether oxygens (including phenoxy) is 2. The van der Waals surface area contributed by atoms with Gasteiger partial charge in [0.2, 0.25) is 15.9 Å². The van der Waals surface area contributed by atoms with E-state index in [1.165, 1.54) is 0 Å². The van der Waals surface area contributed by atoms with Crippen LogP contribution in [0, 0.1) is 12.8 Å². The van der Waals surface area contributed by atoms with Crippen LogP contribution < -0.4 is 9.46 Å². The average Bonchev–Trinajstić information content (AvgIpc) is 2.86. The summed E-state index contributed by atoms with van der Waals surface area (Å²) in [7, 11) is -3.63. The van der Waals surface area contributed by atoms with Gasteiger partial charge in [0, 0.05) is 18.5 Å². The Morgan fingerprint density at radius 1 is 1.12 bits per heavy atom. The van der Waals surface area contributed by atoms with E-state index < -0.39 is 10.0 Å². The second kappa shape index (κ2) is 10.9. The number of carbonyl (C=O) groups excluding carboxylic acids is 1. The molecule has 1 heterocycles. The first-order valence-corrected chi connectivity index (χ1v) is 13.6. The van der Waals surface area contributed by atoms with Crippen LogP contribution in [0.4, 0.5) is 0 Å². The van der Waals surface area contributed by atoms with E-state index in [1.54, 1.807) is 18.2 Å². The molecular weight excluding hydrogens is 452 g/mol. The summed E-state index contributed by atoms with van der Waals surface area (Å²) in [4.78, 5) is 15.6. The molecule has 0 radical (unpaired) electrons. The predicted octanol–water partition coefficient (Wildman–Crippen LogP) is 3.83. The van der Waals surface area contributed by atoms with Crippen LogP contribution in [-0.2, 0) is 19.6 Å². The minimum atomic E-state index is -3.63. The van der Waals surface area contributed by atoms with Crippen LogP contribution in [0.2, 0.25) is 0 Å². The predicted molar refractivity (Wildman–Crippen MR) is 130 cm³/mol. The van der Waals surface area contributed by atoms with Gasteiger partial charge in [-0.1, -0.05) is 30.3 Å². The van der Waals surface area contributed by atoms with Gasteiger partial charge in [0.15, 0.2) is 0 Å². The number of morpholine rings is 1. The summed E-state index contributed by atoms with van der Waals surface area (Å²) in [6.45, 7) is 5.91. The number of sulfonamides is 1. The molecule has 8 heteroatoms. The molecule has 2 aliphatic rings. The van der Waals surface area contributed by atoms with Crippen molar-refractivity contribution >= 4 is 15.9 Å². The standard InChI is InChI=1S/C26H34N2O5S/c1-3-33-25-14-13-23(17-19(25)2)34(30,31)27-22-11-9-21(10-12-22)26(29)28-15-16-32-18-24(28)20-7-5-4-6-8-20/h4-8,13-14,17,21-22,24,27H,3,9-12,15-16,18H2,1-2H3/t21-,22-,24?.